The van der Waals surface area contributed by atoms with Crippen LogP contribution in [0.2, 0.25) is 6.04 Å². The highest BCUT2D eigenvalue weighted by Gasteiger charge is 2.36. The fourth-order valence-electron chi connectivity index (χ4n) is 1.33. The molecular formula is C11H26O5Si2. The molecular weight excluding hydrogens is 268 g/mol. The van der Waals surface area contributed by atoms with E-state index in [1.807, 2.05) is 5.70 Å². The van der Waals surface area contributed by atoms with Gasteiger partial charge in [-0.3, -0.25) is 0 Å². The van der Waals surface area contributed by atoms with Crippen molar-refractivity contribution in [3.05, 3.63) is 12.3 Å². The Labute approximate surface area is 114 Å². The van der Waals surface area contributed by atoms with Crippen LogP contribution in [0.3, 0.4) is 0 Å². The molecule has 1 aliphatic heterocycles. The van der Waals surface area contributed by atoms with Gasteiger partial charge in [0.05, 0.1) is 13.2 Å². The topological polar surface area (TPSA) is 49.5 Å². The van der Waals surface area contributed by atoms with Crippen LogP contribution in [-0.4, -0.2) is 66.3 Å². The fraction of sp³-hybridized carbons (Fsp3) is 0.818. The third kappa shape index (κ3) is 8.14. The van der Waals surface area contributed by atoms with Crippen LogP contribution in [0.5, 0.6) is 0 Å². The summed E-state index contributed by atoms with van der Waals surface area (Å²) in [5.74, 6) is 0. The second kappa shape index (κ2) is 10.9. The average Bonchev–Trinajstić information content (AvgIpc) is 3.20. The Morgan fingerprint density at radius 2 is 1.83 bits per heavy atom. The second-order valence-electron chi connectivity index (χ2n) is 3.84. The minimum Gasteiger partial charge on any atom is -0.379 e. The monoisotopic (exact) mass is 294 g/mol. The largest absolute Gasteiger partial charge is 0.500 e. The van der Waals surface area contributed by atoms with Crippen molar-refractivity contribution in [3.8, 4) is 0 Å². The van der Waals surface area contributed by atoms with E-state index in [0.29, 0.717) is 19.3 Å². The first-order chi connectivity index (χ1) is 8.67. The molecule has 0 aromatic heterocycles. The van der Waals surface area contributed by atoms with Gasteiger partial charge in [-0.05, 0) is 6.42 Å². The summed E-state index contributed by atoms with van der Waals surface area (Å²) >= 11 is 0. The lowest BCUT2D eigenvalue weighted by Gasteiger charge is -2.24. The summed E-state index contributed by atoms with van der Waals surface area (Å²) in [6.07, 6.45) is 1.22. The summed E-state index contributed by atoms with van der Waals surface area (Å²) in [6, 6.07) is 0.780. The van der Waals surface area contributed by atoms with Crippen molar-refractivity contribution in [2.24, 2.45) is 0 Å². The van der Waals surface area contributed by atoms with E-state index in [4.69, 9.17) is 22.8 Å². The molecule has 0 aromatic rings. The molecule has 7 heteroatoms. The van der Waals surface area contributed by atoms with Crippen LogP contribution < -0.4 is 0 Å². The molecule has 0 amide bonds. The predicted octanol–water partition coefficient (Wildman–Crippen LogP) is 0.165. The molecule has 5 nitrogen and oxygen atoms in total. The molecule has 1 atom stereocenters. The third-order valence-corrected chi connectivity index (χ3v) is 5.24. The second-order valence-corrected chi connectivity index (χ2v) is 7.74. The maximum Gasteiger partial charge on any atom is 0.500 e. The number of hydrogen-bond acceptors (Lipinski definition) is 5. The van der Waals surface area contributed by atoms with Gasteiger partial charge in [0.25, 0.3) is 0 Å². The number of rotatable bonds is 9. The molecule has 0 spiro atoms. The highest BCUT2D eigenvalue weighted by Crippen LogP contribution is 2.15. The van der Waals surface area contributed by atoms with Crippen molar-refractivity contribution in [2.45, 2.75) is 18.6 Å². The Morgan fingerprint density at radius 1 is 1.33 bits per heavy atom. The van der Waals surface area contributed by atoms with Gasteiger partial charge >= 0.3 is 8.80 Å². The molecule has 1 heterocycles. The van der Waals surface area contributed by atoms with Crippen LogP contribution in [-0.2, 0) is 22.8 Å². The Balaban J connectivity index is 0.000000873. The van der Waals surface area contributed by atoms with E-state index in [9.17, 15) is 0 Å². The quantitative estimate of drug-likeness (QED) is 0.345. The smallest absolute Gasteiger partial charge is 0.379 e. The highest BCUT2D eigenvalue weighted by atomic mass is 28.4. The lowest BCUT2D eigenvalue weighted by Crippen LogP contribution is -2.42. The summed E-state index contributed by atoms with van der Waals surface area (Å²) in [5.41, 5.74) is 1.89. The van der Waals surface area contributed by atoms with E-state index in [0.717, 1.165) is 29.3 Å². The van der Waals surface area contributed by atoms with Gasteiger partial charge in [-0.25, -0.2) is 0 Å². The van der Waals surface area contributed by atoms with Crippen LogP contribution in [0.4, 0.5) is 0 Å². The van der Waals surface area contributed by atoms with E-state index in [-0.39, 0.29) is 0 Å². The summed E-state index contributed by atoms with van der Waals surface area (Å²) in [4.78, 5) is 0. The molecule has 0 saturated carbocycles. The normalized spacial score (nSPS) is 18.1. The van der Waals surface area contributed by atoms with E-state index in [2.05, 4.69) is 6.58 Å². The Hall–Kier alpha value is -0.0262. The molecule has 0 aromatic carbocycles. The molecule has 0 bridgehead atoms. The lowest BCUT2D eigenvalue weighted by molar-refractivity contribution is 0.100. The summed E-state index contributed by atoms with van der Waals surface area (Å²) in [5, 5.41) is 0. The van der Waals surface area contributed by atoms with Crippen molar-refractivity contribution < 1.29 is 22.8 Å². The van der Waals surface area contributed by atoms with Gasteiger partial charge in [0.15, 0.2) is 0 Å². The molecule has 1 aliphatic rings. The van der Waals surface area contributed by atoms with Gasteiger partial charge in [0.2, 0.25) is 0 Å². The predicted molar refractivity (Wildman–Crippen MR) is 76.9 cm³/mol. The van der Waals surface area contributed by atoms with E-state index < -0.39 is 8.80 Å². The van der Waals surface area contributed by atoms with Crippen LogP contribution in [0.25, 0.3) is 0 Å². The van der Waals surface area contributed by atoms with Gasteiger partial charge in [0.1, 0.15) is 6.10 Å². The van der Waals surface area contributed by atoms with Crippen molar-refractivity contribution in [1.82, 2.24) is 0 Å². The minimum absolute atomic E-state index is 0.333. The number of hydrogen-bond donors (Lipinski definition) is 0. The third-order valence-electron chi connectivity index (χ3n) is 2.41. The van der Waals surface area contributed by atoms with Crippen molar-refractivity contribution in [3.63, 3.8) is 0 Å². The Kier molecular flexibility index (Phi) is 10.8. The number of ether oxygens (including phenoxy) is 2. The maximum absolute atomic E-state index is 5.42. The first-order valence-electron chi connectivity index (χ1n) is 6.09. The molecule has 1 rings (SSSR count). The van der Waals surface area contributed by atoms with Gasteiger partial charge < -0.3 is 22.8 Å². The zero-order chi connectivity index (χ0) is 13.9. The SMILES string of the molecule is C=C[SiH3].CO[Si](CCCOCC1CO1)(OC)OC. The van der Waals surface area contributed by atoms with Crippen molar-refractivity contribution >= 4 is 19.0 Å². The zero-order valence-electron chi connectivity index (χ0n) is 11.9. The van der Waals surface area contributed by atoms with Gasteiger partial charge in [-0.15, -0.1) is 12.3 Å². The molecule has 0 aliphatic carbocycles. The molecule has 18 heavy (non-hydrogen) atoms. The van der Waals surface area contributed by atoms with Gasteiger partial charge in [-0.2, -0.15) is 0 Å². The van der Waals surface area contributed by atoms with E-state index >= 15 is 0 Å². The fourth-order valence-corrected chi connectivity index (χ4v) is 3.02. The minimum atomic E-state index is -2.39. The highest BCUT2D eigenvalue weighted by molar-refractivity contribution is 6.60. The standard InChI is InChI=1S/C9H20O5Si.C2H6Si/c1-10-15(11-2,12-3)6-4-5-13-7-9-8-14-9;1-2-3/h9H,4-8H2,1-3H3;2H,1H2,3H3. The van der Waals surface area contributed by atoms with Crippen LogP contribution in [0, 0.1) is 0 Å². The molecule has 1 unspecified atom stereocenters. The molecule has 0 radical (unpaired) electrons. The van der Waals surface area contributed by atoms with Crippen molar-refractivity contribution in [1.29, 1.82) is 0 Å². The summed E-state index contributed by atoms with van der Waals surface area (Å²) in [6.45, 7) is 5.66. The maximum atomic E-state index is 5.42. The molecule has 0 N–H and O–H groups in total. The van der Waals surface area contributed by atoms with E-state index in [1.54, 1.807) is 21.3 Å². The van der Waals surface area contributed by atoms with Crippen LogP contribution >= 0.6 is 0 Å². The average molecular weight is 294 g/mol. The van der Waals surface area contributed by atoms with Gasteiger partial charge in [-0.1, -0.05) is 0 Å². The van der Waals surface area contributed by atoms with Crippen molar-refractivity contribution in [2.75, 3.05) is 41.2 Å². The molecule has 108 valence electrons. The first-order valence-corrected chi connectivity index (χ1v) is 9.18. The lowest BCUT2D eigenvalue weighted by atomic mass is 10.5. The first kappa shape index (κ1) is 18.0. The van der Waals surface area contributed by atoms with Gasteiger partial charge in [0, 0.05) is 44.2 Å². The number of epoxide rings is 1. The zero-order valence-corrected chi connectivity index (χ0v) is 14.9. The Bertz CT molecular complexity index is 199. The Morgan fingerprint density at radius 3 is 2.22 bits per heavy atom. The van der Waals surface area contributed by atoms with Crippen LogP contribution in [0.15, 0.2) is 12.3 Å². The summed E-state index contributed by atoms with van der Waals surface area (Å²) < 4.78 is 26.3. The summed E-state index contributed by atoms with van der Waals surface area (Å²) in [7, 11) is 3.61. The van der Waals surface area contributed by atoms with E-state index in [1.165, 1.54) is 0 Å². The molecule has 1 saturated heterocycles. The van der Waals surface area contributed by atoms with Crippen LogP contribution in [0.1, 0.15) is 6.42 Å². The molecule has 1 fully saturated rings.